The first-order valence-corrected chi connectivity index (χ1v) is 6.58. The van der Waals surface area contributed by atoms with Gasteiger partial charge in [-0.3, -0.25) is 4.79 Å². The molecule has 6 heteroatoms. The van der Waals surface area contributed by atoms with Gasteiger partial charge in [-0.15, -0.1) is 11.3 Å². The number of likely N-dealkylation sites (N-methyl/N-ethyl adjacent to an activating group) is 1. The molecule has 0 aliphatic rings. The number of carbonyl (C=O) groups excluding carboxylic acids is 1. The third kappa shape index (κ3) is 3.23. The third-order valence-electron chi connectivity index (χ3n) is 2.59. The lowest BCUT2D eigenvalue weighted by Crippen LogP contribution is -2.24. The van der Waals surface area contributed by atoms with E-state index in [-0.39, 0.29) is 12.5 Å². The Balaban J connectivity index is 2.10. The normalized spacial score (nSPS) is 10.2. The molecular formula is C13H15N3O2S. The lowest BCUT2D eigenvalue weighted by molar-refractivity contribution is -0.122. The van der Waals surface area contributed by atoms with Crippen LogP contribution in [-0.2, 0) is 4.79 Å². The van der Waals surface area contributed by atoms with Gasteiger partial charge in [-0.2, -0.15) is 0 Å². The van der Waals surface area contributed by atoms with Crippen molar-refractivity contribution in [2.24, 2.45) is 0 Å². The van der Waals surface area contributed by atoms with Crippen molar-refractivity contribution in [1.82, 2.24) is 10.3 Å². The van der Waals surface area contributed by atoms with E-state index in [0.717, 1.165) is 16.1 Å². The van der Waals surface area contributed by atoms with Crippen LogP contribution in [0.3, 0.4) is 0 Å². The smallest absolute Gasteiger partial charge is 0.257 e. The number of carbonyl (C=O) groups is 1. The lowest BCUT2D eigenvalue weighted by atomic mass is 10.1. The summed E-state index contributed by atoms with van der Waals surface area (Å²) in [5.41, 5.74) is 7.55. The molecule has 19 heavy (non-hydrogen) atoms. The lowest BCUT2D eigenvalue weighted by Gasteiger charge is -2.06. The summed E-state index contributed by atoms with van der Waals surface area (Å²) in [5, 5.41) is 3.06. The number of amides is 1. The van der Waals surface area contributed by atoms with E-state index in [9.17, 15) is 4.79 Å². The van der Waals surface area contributed by atoms with Gasteiger partial charge in [0.25, 0.3) is 5.91 Å². The molecular weight excluding hydrogens is 262 g/mol. The largest absolute Gasteiger partial charge is 0.484 e. The molecule has 2 aromatic rings. The molecule has 1 aromatic heterocycles. The molecule has 0 unspecified atom stereocenters. The van der Waals surface area contributed by atoms with Crippen molar-refractivity contribution in [2.45, 2.75) is 6.92 Å². The van der Waals surface area contributed by atoms with Crippen LogP contribution in [0.4, 0.5) is 5.13 Å². The van der Waals surface area contributed by atoms with Crippen LogP contribution in [0.2, 0.25) is 0 Å². The van der Waals surface area contributed by atoms with Crippen LogP contribution in [0.25, 0.3) is 11.3 Å². The Morgan fingerprint density at radius 1 is 1.42 bits per heavy atom. The van der Waals surface area contributed by atoms with Gasteiger partial charge in [0.15, 0.2) is 11.7 Å². The molecule has 2 rings (SSSR count). The van der Waals surface area contributed by atoms with Crippen molar-refractivity contribution < 1.29 is 9.53 Å². The monoisotopic (exact) mass is 277 g/mol. The van der Waals surface area contributed by atoms with Gasteiger partial charge in [-0.1, -0.05) is 0 Å². The van der Waals surface area contributed by atoms with Crippen LogP contribution in [0.15, 0.2) is 24.3 Å². The van der Waals surface area contributed by atoms with Gasteiger partial charge in [-0.25, -0.2) is 4.98 Å². The molecule has 0 aliphatic carbocycles. The minimum Gasteiger partial charge on any atom is -0.484 e. The molecule has 0 fully saturated rings. The summed E-state index contributed by atoms with van der Waals surface area (Å²) in [4.78, 5) is 16.4. The maximum Gasteiger partial charge on any atom is 0.257 e. The molecule has 0 bridgehead atoms. The number of rotatable bonds is 4. The number of hydrogen-bond donors (Lipinski definition) is 2. The van der Waals surface area contributed by atoms with Crippen LogP contribution in [-0.4, -0.2) is 24.5 Å². The minimum absolute atomic E-state index is 0.0124. The number of aromatic nitrogens is 1. The highest BCUT2D eigenvalue weighted by atomic mass is 32.1. The van der Waals surface area contributed by atoms with Crippen LogP contribution in [0, 0.1) is 6.92 Å². The number of nitrogen functional groups attached to an aromatic ring is 1. The van der Waals surface area contributed by atoms with Gasteiger partial charge in [0, 0.05) is 17.5 Å². The predicted molar refractivity (Wildman–Crippen MR) is 76.3 cm³/mol. The zero-order chi connectivity index (χ0) is 13.8. The van der Waals surface area contributed by atoms with E-state index in [1.54, 1.807) is 7.05 Å². The molecule has 100 valence electrons. The van der Waals surface area contributed by atoms with Crippen molar-refractivity contribution in [3.63, 3.8) is 0 Å². The van der Waals surface area contributed by atoms with Crippen LogP contribution < -0.4 is 15.8 Å². The van der Waals surface area contributed by atoms with Gasteiger partial charge in [-0.05, 0) is 31.2 Å². The predicted octanol–water partition coefficient (Wildman–Crippen LogP) is 1.83. The number of nitrogens with two attached hydrogens (primary N) is 1. The average Bonchev–Trinajstić information content (AvgIpc) is 2.75. The zero-order valence-electron chi connectivity index (χ0n) is 10.8. The molecule has 0 spiro atoms. The van der Waals surface area contributed by atoms with Crippen LogP contribution in [0.5, 0.6) is 5.75 Å². The summed E-state index contributed by atoms with van der Waals surface area (Å²) in [5.74, 6) is 0.486. The van der Waals surface area contributed by atoms with E-state index >= 15 is 0 Å². The highest BCUT2D eigenvalue weighted by Crippen LogP contribution is 2.29. The van der Waals surface area contributed by atoms with Crippen molar-refractivity contribution in [2.75, 3.05) is 19.4 Å². The van der Waals surface area contributed by atoms with E-state index in [4.69, 9.17) is 10.5 Å². The van der Waals surface area contributed by atoms with E-state index < -0.39 is 0 Å². The Morgan fingerprint density at radius 3 is 2.63 bits per heavy atom. The van der Waals surface area contributed by atoms with Gasteiger partial charge in [0.1, 0.15) is 5.75 Å². The second kappa shape index (κ2) is 5.71. The first-order valence-electron chi connectivity index (χ1n) is 5.77. The Kier molecular flexibility index (Phi) is 4.01. The summed E-state index contributed by atoms with van der Waals surface area (Å²) in [7, 11) is 1.57. The van der Waals surface area contributed by atoms with Crippen molar-refractivity contribution in [3.8, 4) is 17.0 Å². The van der Waals surface area contributed by atoms with Crippen molar-refractivity contribution in [3.05, 3.63) is 29.1 Å². The number of benzene rings is 1. The number of aryl methyl sites for hydroxylation is 1. The molecule has 0 aliphatic heterocycles. The summed E-state index contributed by atoms with van der Waals surface area (Å²) < 4.78 is 5.33. The fraction of sp³-hybridized carbons (Fsp3) is 0.231. The molecule has 1 aromatic carbocycles. The summed E-state index contributed by atoms with van der Waals surface area (Å²) in [6.45, 7) is 2.00. The number of thiazole rings is 1. The highest BCUT2D eigenvalue weighted by Gasteiger charge is 2.08. The highest BCUT2D eigenvalue weighted by molar-refractivity contribution is 7.15. The second-order valence-corrected chi connectivity index (χ2v) is 5.18. The molecule has 0 saturated carbocycles. The van der Waals surface area contributed by atoms with Crippen molar-refractivity contribution in [1.29, 1.82) is 0 Å². The molecule has 0 saturated heterocycles. The Hall–Kier alpha value is -2.08. The van der Waals surface area contributed by atoms with E-state index in [0.29, 0.717) is 10.9 Å². The topological polar surface area (TPSA) is 77.2 Å². The Bertz CT molecular complexity index is 578. The second-order valence-electron chi connectivity index (χ2n) is 3.94. The zero-order valence-corrected chi connectivity index (χ0v) is 11.6. The molecule has 5 nitrogen and oxygen atoms in total. The first kappa shape index (κ1) is 13.4. The fourth-order valence-electron chi connectivity index (χ4n) is 1.61. The molecule has 0 atom stereocenters. The quantitative estimate of drug-likeness (QED) is 0.893. The molecule has 1 amide bonds. The SMILES string of the molecule is CNC(=O)COc1ccc(-c2nc(N)sc2C)cc1. The van der Waals surface area contributed by atoms with Crippen molar-refractivity contribution >= 4 is 22.4 Å². The Morgan fingerprint density at radius 2 is 2.11 bits per heavy atom. The standard InChI is InChI=1S/C13H15N3O2S/c1-8-12(16-13(14)19-8)9-3-5-10(6-4-9)18-7-11(17)15-2/h3-6H,7H2,1-2H3,(H2,14,16)(H,15,17). The van der Waals surface area contributed by atoms with Gasteiger partial charge in [0.2, 0.25) is 0 Å². The summed E-state index contributed by atoms with van der Waals surface area (Å²) in [6, 6.07) is 7.43. The van der Waals surface area contributed by atoms with E-state index in [2.05, 4.69) is 10.3 Å². The van der Waals surface area contributed by atoms with E-state index in [1.165, 1.54) is 11.3 Å². The van der Waals surface area contributed by atoms with Gasteiger partial charge < -0.3 is 15.8 Å². The number of nitrogens with zero attached hydrogens (tertiary/aromatic N) is 1. The minimum atomic E-state index is -0.160. The van der Waals surface area contributed by atoms with Gasteiger partial charge >= 0.3 is 0 Å². The average molecular weight is 277 g/mol. The number of anilines is 1. The number of nitrogens with one attached hydrogen (secondary N) is 1. The number of ether oxygens (including phenoxy) is 1. The van der Waals surface area contributed by atoms with E-state index in [1.807, 2.05) is 31.2 Å². The summed E-state index contributed by atoms with van der Waals surface area (Å²) >= 11 is 1.47. The maximum absolute atomic E-state index is 11.1. The number of hydrogen-bond acceptors (Lipinski definition) is 5. The fourth-order valence-corrected chi connectivity index (χ4v) is 2.33. The molecule has 1 heterocycles. The summed E-state index contributed by atoms with van der Waals surface area (Å²) in [6.07, 6.45) is 0. The van der Waals surface area contributed by atoms with Crippen LogP contribution >= 0.6 is 11.3 Å². The maximum atomic E-state index is 11.1. The molecule has 3 N–H and O–H groups in total. The Labute approximate surface area is 115 Å². The third-order valence-corrected chi connectivity index (χ3v) is 3.39. The van der Waals surface area contributed by atoms with Crippen LogP contribution in [0.1, 0.15) is 4.88 Å². The molecule has 0 radical (unpaired) electrons. The van der Waals surface area contributed by atoms with Gasteiger partial charge in [0.05, 0.1) is 5.69 Å². The first-order chi connectivity index (χ1) is 9.10.